The fraction of sp³-hybridized carbons (Fsp3) is 0.588. The summed E-state index contributed by atoms with van der Waals surface area (Å²) < 4.78 is 0. The van der Waals surface area contributed by atoms with E-state index in [0.29, 0.717) is 0 Å². The van der Waals surface area contributed by atoms with Crippen molar-refractivity contribution in [2.24, 2.45) is 5.92 Å². The second-order valence-corrected chi connectivity index (χ2v) is 5.26. The van der Waals surface area contributed by atoms with Crippen molar-refractivity contribution >= 4 is 0 Å². The van der Waals surface area contributed by atoms with Gasteiger partial charge in [-0.05, 0) is 23.8 Å². The summed E-state index contributed by atoms with van der Waals surface area (Å²) in [5, 5.41) is 0. The smallest absolute Gasteiger partial charge is 0.0200 e. The Balaban J connectivity index is 2.24. The summed E-state index contributed by atoms with van der Waals surface area (Å²) in [6.45, 7) is 6.97. The molecule has 1 unspecified atom stereocenters. The summed E-state index contributed by atoms with van der Waals surface area (Å²) in [7, 11) is 0. The van der Waals surface area contributed by atoms with Gasteiger partial charge < -0.3 is 0 Å². The molecular formula is C17H27. The molecule has 0 spiro atoms. The maximum atomic E-state index is 2.38. The standard InChI is InChI=1S/C17H27/c1-4-5-6-8-11-15(2)16(3)14-17-12-9-7-10-13-17/h7,9-10,12-13,15H,4-6,8,11,14H2,1-3H3. The molecule has 0 aliphatic rings. The summed E-state index contributed by atoms with van der Waals surface area (Å²) in [6.07, 6.45) is 8.03. The molecule has 1 rings (SSSR count). The van der Waals surface area contributed by atoms with Gasteiger partial charge in [-0.25, -0.2) is 0 Å². The van der Waals surface area contributed by atoms with E-state index in [2.05, 4.69) is 51.1 Å². The van der Waals surface area contributed by atoms with E-state index in [4.69, 9.17) is 0 Å². The van der Waals surface area contributed by atoms with Gasteiger partial charge in [-0.3, -0.25) is 0 Å². The van der Waals surface area contributed by atoms with Gasteiger partial charge in [0.05, 0.1) is 0 Å². The Labute approximate surface area is 107 Å². The number of benzene rings is 1. The molecule has 0 saturated carbocycles. The zero-order valence-corrected chi connectivity index (χ0v) is 11.7. The van der Waals surface area contributed by atoms with Crippen LogP contribution in [0.25, 0.3) is 0 Å². The molecule has 17 heavy (non-hydrogen) atoms. The molecule has 0 amide bonds. The maximum Gasteiger partial charge on any atom is -0.0200 e. The third-order valence-corrected chi connectivity index (χ3v) is 3.66. The number of hydrogen-bond donors (Lipinski definition) is 0. The van der Waals surface area contributed by atoms with E-state index in [0.717, 1.165) is 12.3 Å². The van der Waals surface area contributed by atoms with Crippen LogP contribution in [-0.2, 0) is 6.42 Å². The van der Waals surface area contributed by atoms with Crippen LogP contribution < -0.4 is 0 Å². The van der Waals surface area contributed by atoms with Crippen LogP contribution in [0.5, 0.6) is 0 Å². The SMILES string of the molecule is CCCCCCC(C)[C](C)Cc1ccccc1. The minimum Gasteiger partial charge on any atom is -0.0654 e. The lowest BCUT2D eigenvalue weighted by Gasteiger charge is -2.19. The van der Waals surface area contributed by atoms with Crippen LogP contribution in [0.4, 0.5) is 0 Å². The topological polar surface area (TPSA) is 0 Å². The molecule has 1 aromatic carbocycles. The van der Waals surface area contributed by atoms with E-state index in [1.807, 2.05) is 0 Å². The van der Waals surface area contributed by atoms with Crippen LogP contribution in [0.1, 0.15) is 58.4 Å². The predicted octanol–water partition coefficient (Wildman–Crippen LogP) is 5.43. The molecule has 0 bridgehead atoms. The summed E-state index contributed by atoms with van der Waals surface area (Å²) in [5.74, 6) is 2.40. The Kier molecular flexibility index (Phi) is 7.00. The number of unbranched alkanes of at least 4 members (excludes halogenated alkanes) is 3. The molecule has 0 nitrogen and oxygen atoms in total. The summed E-state index contributed by atoms with van der Waals surface area (Å²) in [4.78, 5) is 0. The molecule has 0 fully saturated rings. The normalized spacial score (nSPS) is 12.9. The third-order valence-electron chi connectivity index (χ3n) is 3.66. The first kappa shape index (κ1) is 14.3. The fourth-order valence-corrected chi connectivity index (χ4v) is 2.22. The molecular weight excluding hydrogens is 204 g/mol. The van der Waals surface area contributed by atoms with E-state index in [1.165, 1.54) is 37.7 Å². The lowest BCUT2D eigenvalue weighted by Crippen LogP contribution is -2.08. The Bertz CT molecular complexity index is 275. The predicted molar refractivity (Wildman–Crippen MR) is 77.0 cm³/mol. The Morgan fingerprint density at radius 3 is 2.41 bits per heavy atom. The van der Waals surface area contributed by atoms with Crippen molar-refractivity contribution in [3.05, 3.63) is 41.8 Å². The van der Waals surface area contributed by atoms with Crippen molar-refractivity contribution in [3.63, 3.8) is 0 Å². The van der Waals surface area contributed by atoms with Gasteiger partial charge in [-0.1, -0.05) is 83.2 Å². The first-order valence-corrected chi connectivity index (χ1v) is 7.10. The summed E-state index contributed by atoms with van der Waals surface area (Å²) in [6, 6.07) is 10.8. The van der Waals surface area contributed by atoms with Crippen LogP contribution >= 0.6 is 0 Å². The van der Waals surface area contributed by atoms with Gasteiger partial charge in [-0.15, -0.1) is 0 Å². The number of hydrogen-bond acceptors (Lipinski definition) is 0. The minimum atomic E-state index is 0.770. The van der Waals surface area contributed by atoms with Crippen LogP contribution in [0.3, 0.4) is 0 Å². The average molecular weight is 231 g/mol. The highest BCUT2D eigenvalue weighted by Crippen LogP contribution is 2.24. The second kappa shape index (κ2) is 8.33. The van der Waals surface area contributed by atoms with Gasteiger partial charge in [0.15, 0.2) is 0 Å². The molecule has 0 aromatic heterocycles. The Hall–Kier alpha value is -0.780. The van der Waals surface area contributed by atoms with E-state index in [-0.39, 0.29) is 0 Å². The van der Waals surface area contributed by atoms with E-state index < -0.39 is 0 Å². The first-order chi connectivity index (χ1) is 8.24. The van der Waals surface area contributed by atoms with Crippen LogP contribution in [0, 0.1) is 11.8 Å². The highest BCUT2D eigenvalue weighted by Gasteiger charge is 2.12. The molecule has 0 N–H and O–H groups in total. The van der Waals surface area contributed by atoms with E-state index in [1.54, 1.807) is 5.92 Å². The van der Waals surface area contributed by atoms with Gasteiger partial charge in [0.1, 0.15) is 0 Å². The van der Waals surface area contributed by atoms with Crippen LogP contribution in [0.15, 0.2) is 30.3 Å². The van der Waals surface area contributed by atoms with Crippen molar-refractivity contribution in [2.75, 3.05) is 0 Å². The highest BCUT2D eigenvalue weighted by molar-refractivity contribution is 5.18. The summed E-state index contributed by atoms with van der Waals surface area (Å²) >= 11 is 0. The quantitative estimate of drug-likeness (QED) is 0.523. The van der Waals surface area contributed by atoms with Crippen LogP contribution in [0.2, 0.25) is 0 Å². The lowest BCUT2D eigenvalue weighted by molar-refractivity contribution is 0.491. The van der Waals surface area contributed by atoms with Crippen molar-refractivity contribution < 1.29 is 0 Å². The third kappa shape index (κ3) is 5.91. The van der Waals surface area contributed by atoms with Crippen molar-refractivity contribution in [1.29, 1.82) is 0 Å². The molecule has 1 radical (unpaired) electrons. The molecule has 1 atom stereocenters. The minimum absolute atomic E-state index is 0.770. The molecule has 0 heterocycles. The zero-order chi connectivity index (χ0) is 12.5. The average Bonchev–Trinajstić information content (AvgIpc) is 2.35. The largest absolute Gasteiger partial charge is 0.0654 e. The van der Waals surface area contributed by atoms with Crippen molar-refractivity contribution in [1.82, 2.24) is 0 Å². The van der Waals surface area contributed by atoms with Gasteiger partial charge in [0.2, 0.25) is 0 Å². The van der Waals surface area contributed by atoms with Gasteiger partial charge >= 0.3 is 0 Å². The number of rotatable bonds is 8. The van der Waals surface area contributed by atoms with Gasteiger partial charge in [0.25, 0.3) is 0 Å². The molecule has 0 saturated heterocycles. The van der Waals surface area contributed by atoms with Gasteiger partial charge in [-0.2, -0.15) is 0 Å². The van der Waals surface area contributed by atoms with Crippen molar-refractivity contribution in [2.45, 2.75) is 59.3 Å². The molecule has 1 aromatic rings. The molecule has 0 aliphatic heterocycles. The highest BCUT2D eigenvalue weighted by atomic mass is 14.2. The van der Waals surface area contributed by atoms with Crippen molar-refractivity contribution in [3.8, 4) is 0 Å². The first-order valence-electron chi connectivity index (χ1n) is 7.10. The van der Waals surface area contributed by atoms with Crippen LogP contribution in [-0.4, -0.2) is 0 Å². The van der Waals surface area contributed by atoms with Gasteiger partial charge in [0, 0.05) is 0 Å². The maximum absolute atomic E-state index is 2.38. The zero-order valence-electron chi connectivity index (χ0n) is 11.7. The molecule has 0 heteroatoms. The second-order valence-electron chi connectivity index (χ2n) is 5.26. The molecule has 95 valence electrons. The van der Waals surface area contributed by atoms with E-state index >= 15 is 0 Å². The molecule has 0 aliphatic carbocycles. The Morgan fingerprint density at radius 2 is 1.76 bits per heavy atom. The Morgan fingerprint density at radius 1 is 1.06 bits per heavy atom. The summed E-state index contributed by atoms with van der Waals surface area (Å²) in [5.41, 5.74) is 1.45. The fourth-order valence-electron chi connectivity index (χ4n) is 2.22. The lowest BCUT2D eigenvalue weighted by atomic mass is 9.86. The van der Waals surface area contributed by atoms with E-state index in [9.17, 15) is 0 Å². The monoisotopic (exact) mass is 231 g/mol.